The van der Waals surface area contributed by atoms with E-state index in [4.69, 9.17) is 0 Å². The molecule has 0 aliphatic heterocycles. The van der Waals surface area contributed by atoms with Gasteiger partial charge in [-0.2, -0.15) is 0 Å². The van der Waals surface area contributed by atoms with Crippen LogP contribution in [-0.2, 0) is 12.8 Å². The van der Waals surface area contributed by atoms with Crippen LogP contribution in [0.1, 0.15) is 16.3 Å². The molecular weight excluding hydrogens is 311 g/mol. The molecule has 2 heterocycles. The van der Waals surface area contributed by atoms with E-state index >= 15 is 0 Å². The van der Waals surface area contributed by atoms with Crippen LogP contribution in [0.5, 0.6) is 0 Å². The highest BCUT2D eigenvalue weighted by Crippen LogP contribution is 2.21. The van der Waals surface area contributed by atoms with E-state index in [0.717, 1.165) is 34.4 Å². The van der Waals surface area contributed by atoms with Gasteiger partial charge in [-0.1, -0.05) is 29.5 Å². The molecule has 0 saturated heterocycles. The summed E-state index contributed by atoms with van der Waals surface area (Å²) in [7, 11) is 2.01. The molecule has 3 aromatic rings. The van der Waals surface area contributed by atoms with Crippen LogP contribution in [-0.4, -0.2) is 28.8 Å². The van der Waals surface area contributed by atoms with E-state index in [1.54, 1.807) is 29.7 Å². The molecular formula is C17H17FN4S. The zero-order chi connectivity index (χ0) is 16.1. The molecule has 0 bridgehead atoms. The van der Waals surface area contributed by atoms with Crippen molar-refractivity contribution in [3.8, 4) is 0 Å². The Morgan fingerprint density at radius 1 is 1.09 bits per heavy atom. The largest absolute Gasteiger partial charge is 0.349 e. The first-order chi connectivity index (χ1) is 11.2. The number of halogens is 1. The summed E-state index contributed by atoms with van der Waals surface area (Å²) in [4.78, 5) is 6.41. The summed E-state index contributed by atoms with van der Waals surface area (Å²) >= 11 is 1.56. The Hall–Kier alpha value is -2.34. The Labute approximate surface area is 138 Å². The zero-order valence-electron chi connectivity index (χ0n) is 12.8. The number of hydrogen-bond acceptors (Lipinski definition) is 5. The van der Waals surface area contributed by atoms with Gasteiger partial charge in [-0.05, 0) is 29.8 Å². The normalized spacial score (nSPS) is 10.7. The van der Waals surface area contributed by atoms with E-state index < -0.39 is 0 Å². The van der Waals surface area contributed by atoms with Gasteiger partial charge >= 0.3 is 0 Å². The van der Waals surface area contributed by atoms with Crippen molar-refractivity contribution < 1.29 is 4.39 Å². The van der Waals surface area contributed by atoms with Crippen molar-refractivity contribution in [1.29, 1.82) is 0 Å². The molecule has 6 heteroatoms. The maximum Gasteiger partial charge on any atom is 0.208 e. The number of pyridine rings is 1. The minimum atomic E-state index is -0.221. The molecule has 4 nitrogen and oxygen atoms in total. The second-order valence-electron chi connectivity index (χ2n) is 5.27. The highest BCUT2D eigenvalue weighted by molar-refractivity contribution is 7.15. The Kier molecular flexibility index (Phi) is 4.92. The van der Waals surface area contributed by atoms with Crippen molar-refractivity contribution in [3.63, 3.8) is 0 Å². The Balaban J connectivity index is 1.58. The monoisotopic (exact) mass is 328 g/mol. The number of nitrogens with zero attached hydrogens (tertiary/aromatic N) is 4. The van der Waals surface area contributed by atoms with Gasteiger partial charge in [-0.3, -0.25) is 4.98 Å². The minimum absolute atomic E-state index is 0.221. The Morgan fingerprint density at radius 3 is 2.65 bits per heavy atom. The lowest BCUT2D eigenvalue weighted by molar-refractivity contribution is 0.627. The molecule has 118 valence electrons. The molecule has 0 aliphatic carbocycles. The lowest BCUT2D eigenvalue weighted by atomic mass is 10.2. The van der Waals surface area contributed by atoms with Crippen LogP contribution >= 0.6 is 11.3 Å². The first kappa shape index (κ1) is 15.6. The fourth-order valence-electron chi connectivity index (χ4n) is 2.17. The summed E-state index contributed by atoms with van der Waals surface area (Å²) in [5.74, 6) is -0.221. The fourth-order valence-corrected chi connectivity index (χ4v) is 3.03. The summed E-state index contributed by atoms with van der Waals surface area (Å²) in [6.45, 7) is 0.836. The molecule has 0 amide bonds. The topological polar surface area (TPSA) is 41.9 Å². The van der Waals surface area contributed by atoms with Crippen molar-refractivity contribution in [2.75, 3.05) is 18.5 Å². The van der Waals surface area contributed by atoms with Crippen molar-refractivity contribution in [3.05, 3.63) is 70.7 Å². The maximum atomic E-state index is 12.9. The van der Waals surface area contributed by atoms with Gasteiger partial charge in [-0.25, -0.2) is 4.39 Å². The molecule has 0 unspecified atom stereocenters. The highest BCUT2D eigenvalue weighted by Gasteiger charge is 2.10. The Bertz CT molecular complexity index is 743. The Morgan fingerprint density at radius 2 is 1.91 bits per heavy atom. The molecule has 1 aromatic carbocycles. The van der Waals surface area contributed by atoms with E-state index in [0.29, 0.717) is 6.42 Å². The van der Waals surface area contributed by atoms with Crippen molar-refractivity contribution in [2.45, 2.75) is 12.8 Å². The second kappa shape index (κ2) is 7.28. The van der Waals surface area contributed by atoms with E-state index in [1.165, 1.54) is 12.1 Å². The molecule has 0 N–H and O–H groups in total. The van der Waals surface area contributed by atoms with E-state index in [2.05, 4.69) is 20.1 Å². The fraction of sp³-hybridized carbons (Fsp3) is 0.235. The van der Waals surface area contributed by atoms with Crippen molar-refractivity contribution >= 4 is 16.5 Å². The number of likely N-dealkylation sites (N-methyl/N-ethyl adjacent to an activating group) is 1. The lowest BCUT2D eigenvalue weighted by Gasteiger charge is -2.14. The summed E-state index contributed by atoms with van der Waals surface area (Å²) in [6.07, 6.45) is 3.34. The van der Waals surface area contributed by atoms with Crippen LogP contribution in [0.25, 0.3) is 0 Å². The highest BCUT2D eigenvalue weighted by atomic mass is 32.1. The minimum Gasteiger partial charge on any atom is -0.349 e. The number of anilines is 1. The lowest BCUT2D eigenvalue weighted by Crippen LogP contribution is -2.20. The molecule has 0 fully saturated rings. The number of aromatic nitrogens is 3. The summed E-state index contributed by atoms with van der Waals surface area (Å²) in [5.41, 5.74) is 2.10. The van der Waals surface area contributed by atoms with Crippen LogP contribution in [0.2, 0.25) is 0 Å². The van der Waals surface area contributed by atoms with Gasteiger partial charge in [0.2, 0.25) is 5.13 Å². The van der Waals surface area contributed by atoms with Gasteiger partial charge in [0.25, 0.3) is 0 Å². The summed E-state index contributed by atoms with van der Waals surface area (Å²) < 4.78 is 12.9. The first-order valence-corrected chi connectivity index (χ1v) is 8.20. The second-order valence-corrected chi connectivity index (χ2v) is 6.31. The van der Waals surface area contributed by atoms with Gasteiger partial charge in [-0.15, -0.1) is 10.2 Å². The van der Waals surface area contributed by atoms with Gasteiger partial charge in [0.05, 0.1) is 0 Å². The van der Waals surface area contributed by atoms with Crippen LogP contribution in [0.3, 0.4) is 0 Å². The quantitative estimate of drug-likeness (QED) is 0.696. The third kappa shape index (κ3) is 4.32. The first-order valence-electron chi connectivity index (χ1n) is 7.38. The predicted molar refractivity (Wildman–Crippen MR) is 90.3 cm³/mol. The maximum absolute atomic E-state index is 12.9. The molecule has 0 atom stereocenters. The van der Waals surface area contributed by atoms with Crippen LogP contribution in [0, 0.1) is 5.82 Å². The molecule has 0 saturated carbocycles. The average molecular weight is 328 g/mol. The third-order valence-electron chi connectivity index (χ3n) is 3.48. The molecule has 2 aromatic heterocycles. The molecule has 0 spiro atoms. The van der Waals surface area contributed by atoms with Crippen molar-refractivity contribution in [2.24, 2.45) is 0 Å². The molecule has 0 aliphatic rings. The van der Waals surface area contributed by atoms with Crippen LogP contribution in [0.4, 0.5) is 9.52 Å². The SMILES string of the molecule is CN(CCc1ccccn1)c1nnc(Cc2ccc(F)cc2)s1. The smallest absolute Gasteiger partial charge is 0.208 e. The molecule has 23 heavy (non-hydrogen) atoms. The van der Waals surface area contributed by atoms with Crippen LogP contribution < -0.4 is 4.90 Å². The predicted octanol–water partition coefficient (Wildman–Crippen LogP) is 3.34. The number of rotatable bonds is 6. The summed E-state index contributed by atoms with van der Waals surface area (Å²) in [6, 6.07) is 12.4. The van der Waals surface area contributed by atoms with Gasteiger partial charge < -0.3 is 4.90 Å². The van der Waals surface area contributed by atoms with E-state index in [1.807, 2.05) is 25.2 Å². The van der Waals surface area contributed by atoms with Gasteiger partial charge in [0.15, 0.2) is 0 Å². The van der Waals surface area contributed by atoms with Gasteiger partial charge in [0, 0.05) is 38.3 Å². The zero-order valence-corrected chi connectivity index (χ0v) is 13.6. The van der Waals surface area contributed by atoms with E-state index in [9.17, 15) is 4.39 Å². The van der Waals surface area contributed by atoms with Crippen LogP contribution in [0.15, 0.2) is 48.7 Å². The van der Waals surface area contributed by atoms with Crippen molar-refractivity contribution in [1.82, 2.24) is 15.2 Å². The average Bonchev–Trinajstić information content (AvgIpc) is 3.04. The number of hydrogen-bond donors (Lipinski definition) is 0. The summed E-state index contributed by atoms with van der Waals surface area (Å²) in [5, 5.41) is 10.3. The van der Waals surface area contributed by atoms with Gasteiger partial charge in [0.1, 0.15) is 10.8 Å². The van der Waals surface area contributed by atoms with E-state index in [-0.39, 0.29) is 5.82 Å². The standard InChI is InChI=1S/C17H17FN4S/c1-22(11-9-15-4-2-3-10-19-15)17-21-20-16(23-17)12-13-5-7-14(18)8-6-13/h2-8,10H,9,11-12H2,1H3. The number of benzene rings is 1. The third-order valence-corrected chi connectivity index (χ3v) is 4.52. The molecule has 3 rings (SSSR count). The molecule has 0 radical (unpaired) electrons.